The second-order valence-electron chi connectivity index (χ2n) is 10.5. The van der Waals surface area contributed by atoms with Crippen molar-refractivity contribution >= 4 is 30.7 Å². The predicted octanol–water partition coefficient (Wildman–Crippen LogP) is 3.45. The molecule has 3 atom stereocenters. The van der Waals surface area contributed by atoms with E-state index in [9.17, 15) is 9.90 Å². The number of amides is 1. The molecule has 4 heterocycles. The molecule has 202 valence electrons. The maximum absolute atomic E-state index is 13.3. The fraction of sp³-hybridized carbons (Fsp3) is 0.536. The highest BCUT2D eigenvalue weighted by Crippen LogP contribution is 2.33. The first kappa shape index (κ1) is 28.0. The van der Waals surface area contributed by atoms with Gasteiger partial charge in [-0.3, -0.25) is 9.69 Å². The molecule has 0 saturated carbocycles. The van der Waals surface area contributed by atoms with Gasteiger partial charge in [-0.1, -0.05) is 24.3 Å². The molecule has 6 rings (SSSR count). The summed E-state index contributed by atoms with van der Waals surface area (Å²) >= 11 is 0. The molecule has 0 aliphatic carbocycles. The van der Waals surface area contributed by atoms with E-state index in [1.807, 2.05) is 18.2 Å². The average Bonchev–Trinajstić information content (AvgIpc) is 3.12. The molecule has 2 N–H and O–H groups in total. The van der Waals surface area contributed by atoms with Crippen LogP contribution in [0.4, 0.5) is 0 Å². The lowest BCUT2D eigenvalue weighted by Gasteiger charge is -2.32. The van der Waals surface area contributed by atoms with E-state index in [1.54, 1.807) is 4.90 Å². The van der Waals surface area contributed by atoms with Gasteiger partial charge in [0.15, 0.2) is 0 Å². The summed E-state index contributed by atoms with van der Waals surface area (Å²) in [5, 5.41) is 14.5. The van der Waals surface area contributed by atoms with Crippen molar-refractivity contribution in [3.8, 4) is 11.5 Å². The number of hydrogen-bond acceptors (Lipinski definition) is 6. The third-order valence-electron chi connectivity index (χ3n) is 7.93. The van der Waals surface area contributed by atoms with Gasteiger partial charge in [0, 0.05) is 44.3 Å². The number of nitrogens with zero attached hydrogens (tertiary/aromatic N) is 2. The number of fused-ring (bicyclic) bond motifs is 4. The Labute approximate surface area is 231 Å². The Hall–Kier alpha value is -2.03. The lowest BCUT2D eigenvalue weighted by Crippen LogP contribution is -2.44. The minimum atomic E-state index is -0.608. The summed E-state index contributed by atoms with van der Waals surface area (Å²) in [5.41, 5.74) is 3.26. The van der Waals surface area contributed by atoms with E-state index in [0.717, 1.165) is 38.1 Å². The number of aliphatic hydroxyl groups excluding tert-OH is 1. The van der Waals surface area contributed by atoms with Gasteiger partial charge in [0.2, 0.25) is 0 Å². The first-order chi connectivity index (χ1) is 17.1. The highest BCUT2D eigenvalue weighted by molar-refractivity contribution is 5.97. The van der Waals surface area contributed by atoms with Crippen LogP contribution in [-0.4, -0.2) is 77.9 Å². The molecule has 37 heavy (non-hydrogen) atoms. The van der Waals surface area contributed by atoms with Crippen molar-refractivity contribution in [2.24, 2.45) is 0 Å². The van der Waals surface area contributed by atoms with E-state index in [2.05, 4.69) is 34.5 Å². The van der Waals surface area contributed by atoms with Gasteiger partial charge in [-0.2, -0.15) is 0 Å². The van der Waals surface area contributed by atoms with Crippen molar-refractivity contribution in [2.75, 3.05) is 32.8 Å². The smallest absolute Gasteiger partial charge is 0.257 e. The van der Waals surface area contributed by atoms with Gasteiger partial charge in [-0.05, 0) is 55.4 Å². The minimum absolute atomic E-state index is 0. The average molecular weight is 551 g/mol. The van der Waals surface area contributed by atoms with Crippen molar-refractivity contribution in [1.29, 1.82) is 0 Å². The van der Waals surface area contributed by atoms with Crippen molar-refractivity contribution in [3.05, 3.63) is 59.2 Å². The standard InChI is InChI=1S/C28H35N3O4.2ClH/c32-23(17-30-10-9-19-3-1-2-4-20(19)16-30)18-31-11-12-34-27-15-24(7-8-26(27)28(31)33)35-25-13-21-5-6-22(14-25)29-21;;/h1-4,7-8,15,21-23,25,29,32H,5-6,9-14,16-18H2;2*1H. The zero-order chi connectivity index (χ0) is 23.8. The Bertz CT molecular complexity index is 1080. The summed E-state index contributed by atoms with van der Waals surface area (Å²) in [4.78, 5) is 17.3. The van der Waals surface area contributed by atoms with Gasteiger partial charge in [0.1, 0.15) is 24.2 Å². The third kappa shape index (κ3) is 6.35. The molecule has 7 nitrogen and oxygen atoms in total. The molecule has 2 fully saturated rings. The fourth-order valence-electron chi connectivity index (χ4n) is 6.20. The second kappa shape index (κ2) is 12.2. The molecule has 2 aromatic rings. The molecule has 0 radical (unpaired) electrons. The van der Waals surface area contributed by atoms with E-state index in [1.165, 1.54) is 24.0 Å². The number of halogens is 2. The largest absolute Gasteiger partial charge is 0.491 e. The first-order valence-corrected chi connectivity index (χ1v) is 13.1. The molecule has 2 saturated heterocycles. The van der Waals surface area contributed by atoms with Gasteiger partial charge < -0.3 is 24.8 Å². The normalized spacial score (nSPS) is 25.5. The van der Waals surface area contributed by atoms with Crippen molar-refractivity contribution in [1.82, 2.24) is 15.1 Å². The molecule has 2 bridgehead atoms. The predicted molar refractivity (Wildman–Crippen MR) is 147 cm³/mol. The number of ether oxygens (including phenoxy) is 2. The van der Waals surface area contributed by atoms with E-state index < -0.39 is 6.10 Å². The van der Waals surface area contributed by atoms with E-state index in [4.69, 9.17) is 9.47 Å². The monoisotopic (exact) mass is 549 g/mol. The van der Waals surface area contributed by atoms with Crippen molar-refractivity contribution in [3.63, 3.8) is 0 Å². The van der Waals surface area contributed by atoms with Crippen molar-refractivity contribution in [2.45, 2.75) is 62.9 Å². The van der Waals surface area contributed by atoms with E-state index in [-0.39, 0.29) is 36.8 Å². The van der Waals surface area contributed by atoms with Crippen LogP contribution in [0.3, 0.4) is 0 Å². The Morgan fingerprint density at radius 2 is 1.78 bits per heavy atom. The number of aliphatic hydroxyl groups is 1. The molecule has 2 aromatic carbocycles. The molecule has 4 aliphatic rings. The highest BCUT2D eigenvalue weighted by Gasteiger charge is 2.35. The molecule has 0 aromatic heterocycles. The summed E-state index contributed by atoms with van der Waals surface area (Å²) in [7, 11) is 0. The molecule has 4 aliphatic heterocycles. The van der Waals surface area contributed by atoms with Gasteiger partial charge in [-0.25, -0.2) is 0 Å². The maximum atomic E-state index is 13.3. The zero-order valence-electron chi connectivity index (χ0n) is 21.0. The van der Waals surface area contributed by atoms with Crippen LogP contribution in [0.2, 0.25) is 0 Å². The van der Waals surface area contributed by atoms with Crippen LogP contribution in [0.15, 0.2) is 42.5 Å². The number of piperidine rings is 1. The van der Waals surface area contributed by atoms with Crippen LogP contribution in [-0.2, 0) is 13.0 Å². The van der Waals surface area contributed by atoms with Crippen LogP contribution in [0, 0.1) is 0 Å². The molecular formula is C28H37Cl2N3O4. The Morgan fingerprint density at radius 3 is 2.57 bits per heavy atom. The number of benzene rings is 2. The third-order valence-corrected chi connectivity index (χ3v) is 7.93. The number of carbonyl (C=O) groups is 1. The molecule has 3 unspecified atom stereocenters. The van der Waals surface area contributed by atoms with Crippen LogP contribution < -0.4 is 14.8 Å². The molecular weight excluding hydrogens is 513 g/mol. The minimum Gasteiger partial charge on any atom is -0.491 e. The fourth-order valence-corrected chi connectivity index (χ4v) is 6.20. The number of β-amino-alcohol motifs (C(OH)–C–C–N with tert-alkyl or cyclic N) is 1. The van der Waals surface area contributed by atoms with Gasteiger partial charge >= 0.3 is 0 Å². The quantitative estimate of drug-likeness (QED) is 0.574. The lowest BCUT2D eigenvalue weighted by molar-refractivity contribution is 0.0501. The summed E-state index contributed by atoms with van der Waals surface area (Å²) < 4.78 is 12.2. The Morgan fingerprint density at radius 1 is 1.03 bits per heavy atom. The summed E-state index contributed by atoms with van der Waals surface area (Å²) in [5.74, 6) is 1.25. The zero-order valence-corrected chi connectivity index (χ0v) is 22.6. The van der Waals surface area contributed by atoms with Crippen LogP contribution in [0.5, 0.6) is 11.5 Å². The molecule has 9 heteroatoms. The summed E-state index contributed by atoms with van der Waals surface area (Å²) in [6.07, 6.45) is 5.13. The Kier molecular flexibility index (Phi) is 9.24. The van der Waals surface area contributed by atoms with Gasteiger partial charge in [-0.15, -0.1) is 24.8 Å². The van der Waals surface area contributed by atoms with Crippen LogP contribution in [0.1, 0.15) is 47.2 Å². The van der Waals surface area contributed by atoms with Gasteiger partial charge in [0.25, 0.3) is 5.91 Å². The molecule has 1 amide bonds. The van der Waals surface area contributed by atoms with E-state index in [0.29, 0.717) is 49.6 Å². The lowest BCUT2D eigenvalue weighted by atomic mass is 10.00. The van der Waals surface area contributed by atoms with Crippen LogP contribution >= 0.6 is 24.8 Å². The topological polar surface area (TPSA) is 74.3 Å². The number of carbonyl (C=O) groups excluding carboxylic acids is 1. The Balaban J connectivity index is 0.00000160. The summed E-state index contributed by atoms with van der Waals surface area (Å²) in [6, 6.07) is 15.2. The highest BCUT2D eigenvalue weighted by atomic mass is 35.5. The van der Waals surface area contributed by atoms with Gasteiger partial charge in [0.05, 0.1) is 18.2 Å². The summed E-state index contributed by atoms with van der Waals surface area (Å²) in [6.45, 7) is 3.49. The number of hydrogen-bond donors (Lipinski definition) is 2. The first-order valence-electron chi connectivity index (χ1n) is 13.1. The maximum Gasteiger partial charge on any atom is 0.257 e. The van der Waals surface area contributed by atoms with E-state index >= 15 is 0 Å². The van der Waals surface area contributed by atoms with Crippen LogP contribution in [0.25, 0.3) is 0 Å². The molecule has 0 spiro atoms. The number of rotatable bonds is 6. The number of nitrogens with one attached hydrogen (secondary N) is 1. The second-order valence-corrected chi connectivity index (χ2v) is 10.5. The SMILES string of the molecule is Cl.Cl.O=C1c2ccc(OC3CC4CCC(C3)N4)cc2OCCN1CC(O)CN1CCc2ccccc2C1. The van der Waals surface area contributed by atoms with Crippen molar-refractivity contribution < 1.29 is 19.4 Å².